The lowest BCUT2D eigenvalue weighted by atomic mass is 10.2. The van der Waals surface area contributed by atoms with Crippen molar-refractivity contribution in [2.24, 2.45) is 7.05 Å². The van der Waals surface area contributed by atoms with E-state index in [1.54, 1.807) is 6.07 Å². The van der Waals surface area contributed by atoms with E-state index in [1.807, 2.05) is 0 Å². The molecule has 2 rings (SSSR count). The summed E-state index contributed by atoms with van der Waals surface area (Å²) in [5.41, 5.74) is 0.0330. The summed E-state index contributed by atoms with van der Waals surface area (Å²) < 4.78 is 1.17. The number of carboxylic acid groups (broad SMARTS) is 1. The number of aryl methyl sites for hydroxylation is 1. The number of pyridine rings is 1. The van der Waals surface area contributed by atoms with Gasteiger partial charge in [0, 0.05) is 19.3 Å². The average molecular weight is 348 g/mol. The normalized spacial score (nSPS) is 10.5. The largest absolute Gasteiger partial charge is 0.478 e. The highest BCUT2D eigenvalue weighted by molar-refractivity contribution is 6.49. The molecular formula is C13H9Cl3N2O3. The molecule has 0 saturated heterocycles. The number of rotatable bonds is 3. The van der Waals surface area contributed by atoms with Gasteiger partial charge in [-0.15, -0.1) is 0 Å². The molecule has 5 nitrogen and oxygen atoms in total. The molecule has 2 aromatic rings. The number of carboxylic acids is 1. The van der Waals surface area contributed by atoms with Crippen LogP contribution in [0.2, 0.25) is 15.1 Å². The van der Waals surface area contributed by atoms with E-state index in [0.717, 1.165) is 0 Å². The molecule has 0 saturated carbocycles. The molecule has 21 heavy (non-hydrogen) atoms. The van der Waals surface area contributed by atoms with Crippen LogP contribution in [0.3, 0.4) is 0 Å². The van der Waals surface area contributed by atoms with Crippen molar-refractivity contribution in [1.29, 1.82) is 0 Å². The predicted molar refractivity (Wildman–Crippen MR) is 83.4 cm³/mol. The molecule has 0 amide bonds. The molecule has 8 heteroatoms. The first-order chi connectivity index (χ1) is 9.81. The van der Waals surface area contributed by atoms with Crippen LogP contribution in [0.25, 0.3) is 0 Å². The van der Waals surface area contributed by atoms with E-state index in [4.69, 9.17) is 34.8 Å². The topological polar surface area (TPSA) is 71.3 Å². The SMILES string of the molecule is Cn1cc(C(=O)O)c(Nc2ccc(Cl)c(Cl)c2Cl)cc1=O. The minimum absolute atomic E-state index is 0.0701. The number of benzene rings is 1. The van der Waals surface area contributed by atoms with Gasteiger partial charge < -0.3 is 15.0 Å². The quantitative estimate of drug-likeness (QED) is 0.829. The number of halogens is 3. The molecule has 0 atom stereocenters. The smallest absolute Gasteiger partial charge is 0.339 e. The third-order valence-electron chi connectivity index (χ3n) is 2.76. The maximum atomic E-state index is 11.7. The van der Waals surface area contributed by atoms with Crippen LogP contribution < -0.4 is 10.9 Å². The van der Waals surface area contributed by atoms with Crippen LogP contribution >= 0.6 is 34.8 Å². The maximum Gasteiger partial charge on any atom is 0.339 e. The standard InChI is InChI=1S/C13H9Cl3N2O3/c1-18-5-6(13(20)21)9(4-10(18)19)17-8-3-2-7(14)11(15)12(8)16/h2-5,17H,1H3,(H,20,21). The Hall–Kier alpha value is -1.69. The van der Waals surface area contributed by atoms with E-state index in [9.17, 15) is 14.7 Å². The highest BCUT2D eigenvalue weighted by atomic mass is 35.5. The molecule has 0 aliphatic rings. The van der Waals surface area contributed by atoms with Crippen LogP contribution in [0.15, 0.2) is 29.2 Å². The number of hydrogen-bond acceptors (Lipinski definition) is 3. The minimum atomic E-state index is -1.18. The second-order valence-corrected chi connectivity index (χ2v) is 5.37. The van der Waals surface area contributed by atoms with Gasteiger partial charge in [0.25, 0.3) is 5.56 Å². The fourth-order valence-corrected chi connectivity index (χ4v) is 2.25. The van der Waals surface area contributed by atoms with Crippen LogP contribution in [-0.4, -0.2) is 15.6 Å². The van der Waals surface area contributed by atoms with E-state index in [1.165, 1.54) is 29.9 Å². The predicted octanol–water partition coefficient (Wildman–Crippen LogP) is 3.79. The summed E-state index contributed by atoms with van der Waals surface area (Å²) in [5.74, 6) is -1.18. The van der Waals surface area contributed by atoms with Gasteiger partial charge in [0.2, 0.25) is 0 Å². The summed E-state index contributed by atoms with van der Waals surface area (Å²) >= 11 is 17.8. The highest BCUT2D eigenvalue weighted by Gasteiger charge is 2.15. The zero-order valence-corrected chi connectivity index (χ0v) is 12.9. The number of aromatic carboxylic acids is 1. The zero-order valence-electron chi connectivity index (χ0n) is 10.7. The van der Waals surface area contributed by atoms with Crippen LogP contribution in [-0.2, 0) is 7.05 Å². The lowest BCUT2D eigenvalue weighted by molar-refractivity contribution is 0.0697. The van der Waals surface area contributed by atoms with Crippen molar-refractivity contribution >= 4 is 52.1 Å². The number of nitrogens with zero attached hydrogens (tertiary/aromatic N) is 1. The van der Waals surface area contributed by atoms with Crippen molar-refractivity contribution in [2.45, 2.75) is 0 Å². The van der Waals surface area contributed by atoms with E-state index in [-0.39, 0.29) is 31.9 Å². The molecular weight excluding hydrogens is 339 g/mol. The number of anilines is 2. The number of nitrogens with one attached hydrogen (secondary N) is 1. The van der Waals surface area contributed by atoms with Crippen molar-refractivity contribution in [1.82, 2.24) is 4.57 Å². The Morgan fingerprint density at radius 1 is 1.19 bits per heavy atom. The fourth-order valence-electron chi connectivity index (χ4n) is 1.67. The summed E-state index contributed by atoms with van der Waals surface area (Å²) in [5, 5.41) is 12.5. The Morgan fingerprint density at radius 2 is 1.86 bits per heavy atom. The van der Waals surface area contributed by atoms with Gasteiger partial charge in [0.15, 0.2) is 0 Å². The van der Waals surface area contributed by atoms with Crippen molar-refractivity contribution < 1.29 is 9.90 Å². The fraction of sp³-hybridized carbons (Fsp3) is 0.0769. The van der Waals surface area contributed by atoms with Gasteiger partial charge >= 0.3 is 5.97 Å². The van der Waals surface area contributed by atoms with Gasteiger partial charge in [0.1, 0.15) is 0 Å². The second-order valence-electron chi connectivity index (χ2n) is 4.20. The van der Waals surface area contributed by atoms with Crippen molar-refractivity contribution in [3.63, 3.8) is 0 Å². The molecule has 110 valence electrons. The maximum absolute atomic E-state index is 11.7. The first kappa shape index (κ1) is 15.7. The van der Waals surface area contributed by atoms with E-state index < -0.39 is 5.97 Å². The molecule has 0 fully saturated rings. The van der Waals surface area contributed by atoms with Crippen LogP contribution in [0.4, 0.5) is 11.4 Å². The lowest BCUT2D eigenvalue weighted by Crippen LogP contribution is -2.19. The van der Waals surface area contributed by atoms with Gasteiger partial charge in [-0.3, -0.25) is 4.79 Å². The van der Waals surface area contributed by atoms with E-state index in [0.29, 0.717) is 5.69 Å². The van der Waals surface area contributed by atoms with Crippen LogP contribution in [0.1, 0.15) is 10.4 Å². The Morgan fingerprint density at radius 3 is 2.48 bits per heavy atom. The van der Waals surface area contributed by atoms with Crippen LogP contribution in [0, 0.1) is 0 Å². The first-order valence-corrected chi connectivity index (χ1v) is 6.79. The third-order valence-corrected chi connectivity index (χ3v) is 4.06. The molecule has 0 unspecified atom stereocenters. The van der Waals surface area contributed by atoms with Gasteiger partial charge in [-0.05, 0) is 12.1 Å². The molecule has 1 aromatic heterocycles. The highest BCUT2D eigenvalue weighted by Crippen LogP contribution is 2.37. The summed E-state index contributed by atoms with van der Waals surface area (Å²) in [4.78, 5) is 22.9. The van der Waals surface area contributed by atoms with Crippen molar-refractivity contribution in [3.05, 3.63) is 55.4 Å². The minimum Gasteiger partial charge on any atom is -0.478 e. The molecule has 0 bridgehead atoms. The molecule has 2 N–H and O–H groups in total. The summed E-state index contributed by atoms with van der Waals surface area (Å²) in [6.07, 6.45) is 1.22. The van der Waals surface area contributed by atoms with Gasteiger partial charge in [-0.25, -0.2) is 4.79 Å². The second kappa shape index (κ2) is 5.97. The Labute approximate surface area is 134 Å². The monoisotopic (exact) mass is 346 g/mol. The summed E-state index contributed by atoms with van der Waals surface area (Å²) in [6, 6.07) is 4.22. The zero-order chi connectivity index (χ0) is 15.7. The average Bonchev–Trinajstić information content (AvgIpc) is 2.43. The Kier molecular flexibility index (Phi) is 4.46. The van der Waals surface area contributed by atoms with Gasteiger partial charge in [-0.1, -0.05) is 34.8 Å². The Bertz CT molecular complexity index is 787. The molecule has 1 heterocycles. The summed E-state index contributed by atoms with van der Waals surface area (Å²) in [6.45, 7) is 0. The van der Waals surface area contributed by atoms with Crippen LogP contribution in [0.5, 0.6) is 0 Å². The third kappa shape index (κ3) is 3.15. The molecule has 1 aromatic carbocycles. The van der Waals surface area contributed by atoms with E-state index in [2.05, 4.69) is 5.32 Å². The van der Waals surface area contributed by atoms with Gasteiger partial charge in [-0.2, -0.15) is 0 Å². The molecule has 0 spiro atoms. The lowest BCUT2D eigenvalue weighted by Gasteiger charge is -2.13. The van der Waals surface area contributed by atoms with Gasteiger partial charge in [0.05, 0.1) is 32.0 Å². The number of aromatic nitrogens is 1. The van der Waals surface area contributed by atoms with Crippen molar-refractivity contribution in [3.8, 4) is 0 Å². The molecule has 0 aliphatic heterocycles. The van der Waals surface area contributed by atoms with E-state index >= 15 is 0 Å². The number of carbonyl (C=O) groups is 1. The first-order valence-electron chi connectivity index (χ1n) is 5.65. The summed E-state index contributed by atoms with van der Waals surface area (Å²) in [7, 11) is 1.46. The number of hydrogen-bond donors (Lipinski definition) is 2. The molecule has 0 aliphatic carbocycles. The Balaban J connectivity index is 2.54. The molecule has 0 radical (unpaired) electrons. The van der Waals surface area contributed by atoms with Crippen molar-refractivity contribution in [2.75, 3.05) is 5.32 Å².